The molecular formula is C20H32O5. The molecule has 5 nitrogen and oxygen atoms in total. The highest BCUT2D eigenvalue weighted by Crippen LogP contribution is 2.62. The van der Waals surface area contributed by atoms with Crippen molar-refractivity contribution in [2.45, 2.75) is 78.6 Å². The van der Waals surface area contributed by atoms with Crippen LogP contribution in [0.3, 0.4) is 0 Å². The monoisotopic (exact) mass is 352 g/mol. The van der Waals surface area contributed by atoms with Crippen molar-refractivity contribution in [3.05, 3.63) is 12.2 Å². The van der Waals surface area contributed by atoms with E-state index in [1.54, 1.807) is 13.0 Å². The fourth-order valence-electron chi connectivity index (χ4n) is 5.63. The van der Waals surface area contributed by atoms with Gasteiger partial charge in [-0.2, -0.15) is 0 Å². The van der Waals surface area contributed by atoms with Crippen molar-refractivity contribution in [1.82, 2.24) is 0 Å². The van der Waals surface area contributed by atoms with E-state index in [2.05, 4.69) is 20.8 Å². The molecule has 2 aliphatic rings. The quantitative estimate of drug-likeness (QED) is 0.602. The zero-order valence-electron chi connectivity index (χ0n) is 16.2. The summed E-state index contributed by atoms with van der Waals surface area (Å²) >= 11 is 0. The third-order valence-electron chi connectivity index (χ3n) is 6.49. The average molecular weight is 352 g/mol. The maximum absolute atomic E-state index is 11.7. The van der Waals surface area contributed by atoms with Crippen LogP contribution in [0.4, 0.5) is 0 Å². The number of aliphatic hydroxyl groups excluding tert-OH is 1. The molecule has 0 aromatic carbocycles. The highest BCUT2D eigenvalue weighted by atomic mass is 16.6. The summed E-state index contributed by atoms with van der Waals surface area (Å²) in [5.74, 6) is -1.08. The highest BCUT2D eigenvalue weighted by molar-refractivity contribution is 5.87. The molecular weight excluding hydrogens is 320 g/mol. The molecule has 2 saturated carbocycles. The van der Waals surface area contributed by atoms with E-state index in [0.29, 0.717) is 0 Å². The number of esters is 1. The Labute approximate surface area is 150 Å². The number of fused-ring (bicyclic) bond motifs is 1. The van der Waals surface area contributed by atoms with Crippen LogP contribution in [-0.4, -0.2) is 39.8 Å². The Balaban J connectivity index is 2.61. The van der Waals surface area contributed by atoms with Crippen molar-refractivity contribution in [3.63, 3.8) is 0 Å². The molecule has 5 heteroatoms. The maximum Gasteiger partial charge on any atom is 0.303 e. The first kappa shape index (κ1) is 20.1. The normalized spacial score (nSPS) is 43.5. The molecule has 0 saturated heterocycles. The number of carbonyl (C=O) groups excluding carboxylic acids is 2. The first-order valence-corrected chi connectivity index (χ1v) is 9.10. The molecule has 0 radical (unpaired) electrons. The fraction of sp³-hybridized carbons (Fsp3) is 0.800. The number of ether oxygens (including phenoxy) is 1. The van der Waals surface area contributed by atoms with Gasteiger partial charge in [0.2, 0.25) is 0 Å². The number of hydrogen-bond donors (Lipinski definition) is 2. The van der Waals surface area contributed by atoms with Gasteiger partial charge in [0.15, 0.2) is 5.78 Å². The molecule has 142 valence electrons. The van der Waals surface area contributed by atoms with Crippen molar-refractivity contribution < 1.29 is 24.5 Å². The zero-order chi connectivity index (χ0) is 19.2. The Kier molecular flexibility index (Phi) is 5.24. The summed E-state index contributed by atoms with van der Waals surface area (Å²) in [5, 5.41) is 22.1. The lowest BCUT2D eigenvalue weighted by molar-refractivity contribution is -0.261. The summed E-state index contributed by atoms with van der Waals surface area (Å²) in [7, 11) is 0. The van der Waals surface area contributed by atoms with Gasteiger partial charge in [-0.3, -0.25) is 9.59 Å². The lowest BCUT2D eigenvalue weighted by atomic mass is 9.44. The van der Waals surface area contributed by atoms with Gasteiger partial charge in [-0.25, -0.2) is 0 Å². The number of aliphatic hydroxyl groups is 2. The largest absolute Gasteiger partial charge is 0.459 e. The Morgan fingerprint density at radius 2 is 1.72 bits per heavy atom. The molecule has 0 bridgehead atoms. The number of carbonyl (C=O) groups is 2. The topological polar surface area (TPSA) is 83.8 Å². The standard InChI is InChI=1S/C20H32O5/c1-12(21)8-9-14-19(5)11-7-10-18(3,4)16(19)15(25-13(2)22)17(23)20(14,6)24/h8-9,14-17,23-24H,7,10-11H2,1-6H3/b9-8+/t14-,15-,16?,17+,19-,20+/m1/s1. The molecule has 0 aromatic rings. The molecule has 2 aliphatic carbocycles. The van der Waals surface area contributed by atoms with Crippen LogP contribution >= 0.6 is 0 Å². The van der Waals surface area contributed by atoms with Gasteiger partial charge in [0.1, 0.15) is 12.2 Å². The molecule has 2 N–H and O–H groups in total. The lowest BCUT2D eigenvalue weighted by Gasteiger charge is -2.63. The van der Waals surface area contributed by atoms with E-state index in [1.165, 1.54) is 19.9 Å². The van der Waals surface area contributed by atoms with Gasteiger partial charge in [-0.15, -0.1) is 0 Å². The predicted molar refractivity (Wildman–Crippen MR) is 94.7 cm³/mol. The van der Waals surface area contributed by atoms with Crippen LogP contribution in [0.5, 0.6) is 0 Å². The summed E-state index contributed by atoms with van der Waals surface area (Å²) in [6.45, 7) is 10.7. The Bertz CT molecular complexity index is 577. The fourth-order valence-corrected chi connectivity index (χ4v) is 5.63. The van der Waals surface area contributed by atoms with E-state index in [9.17, 15) is 19.8 Å². The third-order valence-corrected chi connectivity index (χ3v) is 6.49. The third kappa shape index (κ3) is 3.41. The SMILES string of the molecule is CC(=O)/C=C/[C@H]1[C@](C)(O)[C@@H](O)[C@H](OC(C)=O)C2C(C)(C)CCC[C@@]21C. The van der Waals surface area contributed by atoms with Crippen LogP contribution < -0.4 is 0 Å². The van der Waals surface area contributed by atoms with Gasteiger partial charge < -0.3 is 14.9 Å². The molecule has 0 heterocycles. The van der Waals surface area contributed by atoms with Gasteiger partial charge >= 0.3 is 5.97 Å². The number of ketones is 1. The molecule has 0 amide bonds. The summed E-state index contributed by atoms with van der Waals surface area (Å²) in [4.78, 5) is 23.2. The van der Waals surface area contributed by atoms with E-state index in [0.717, 1.165) is 19.3 Å². The van der Waals surface area contributed by atoms with Crippen LogP contribution in [0.15, 0.2) is 12.2 Å². The minimum absolute atomic E-state index is 0.0948. The molecule has 25 heavy (non-hydrogen) atoms. The highest BCUT2D eigenvalue weighted by Gasteiger charge is 2.65. The lowest BCUT2D eigenvalue weighted by Crippen LogP contribution is -2.70. The van der Waals surface area contributed by atoms with Crippen molar-refractivity contribution in [3.8, 4) is 0 Å². The van der Waals surface area contributed by atoms with Crippen LogP contribution in [0.25, 0.3) is 0 Å². The van der Waals surface area contributed by atoms with E-state index in [-0.39, 0.29) is 17.1 Å². The van der Waals surface area contributed by atoms with Crippen LogP contribution in [0, 0.1) is 22.7 Å². The van der Waals surface area contributed by atoms with E-state index in [4.69, 9.17) is 4.74 Å². The number of hydrogen-bond acceptors (Lipinski definition) is 5. The summed E-state index contributed by atoms with van der Waals surface area (Å²) in [6.07, 6.45) is 4.02. The van der Waals surface area contributed by atoms with E-state index < -0.39 is 35.1 Å². The summed E-state index contributed by atoms with van der Waals surface area (Å²) in [6, 6.07) is 0. The second kappa shape index (κ2) is 6.51. The second-order valence-corrected chi connectivity index (χ2v) is 9.02. The first-order chi connectivity index (χ1) is 11.3. The average Bonchev–Trinajstić information content (AvgIpc) is 2.42. The van der Waals surface area contributed by atoms with Gasteiger partial charge in [0.25, 0.3) is 0 Å². The summed E-state index contributed by atoms with van der Waals surface area (Å²) in [5.41, 5.74) is -2.05. The predicted octanol–water partition coefficient (Wildman–Crippen LogP) is 2.64. The van der Waals surface area contributed by atoms with Crippen molar-refractivity contribution >= 4 is 11.8 Å². The molecule has 2 fully saturated rings. The van der Waals surface area contributed by atoms with Crippen LogP contribution in [0.1, 0.15) is 60.8 Å². The van der Waals surface area contributed by atoms with E-state index in [1.807, 2.05) is 0 Å². The van der Waals surface area contributed by atoms with Gasteiger partial charge in [-0.05, 0) is 43.6 Å². The maximum atomic E-state index is 11.7. The smallest absolute Gasteiger partial charge is 0.303 e. The Morgan fingerprint density at radius 1 is 1.12 bits per heavy atom. The minimum Gasteiger partial charge on any atom is -0.459 e. The van der Waals surface area contributed by atoms with Gasteiger partial charge in [0, 0.05) is 18.8 Å². The number of rotatable bonds is 3. The summed E-state index contributed by atoms with van der Waals surface area (Å²) < 4.78 is 5.54. The molecule has 0 spiro atoms. The van der Waals surface area contributed by atoms with E-state index >= 15 is 0 Å². The molecule has 6 atom stereocenters. The first-order valence-electron chi connectivity index (χ1n) is 9.10. The van der Waals surface area contributed by atoms with Crippen molar-refractivity contribution in [1.29, 1.82) is 0 Å². The Hall–Kier alpha value is -1.20. The number of allylic oxidation sites excluding steroid dienone is 1. The zero-order valence-corrected chi connectivity index (χ0v) is 16.2. The van der Waals surface area contributed by atoms with Crippen LogP contribution in [0.2, 0.25) is 0 Å². The molecule has 2 rings (SSSR count). The second-order valence-electron chi connectivity index (χ2n) is 9.02. The van der Waals surface area contributed by atoms with Gasteiger partial charge in [-0.1, -0.05) is 33.3 Å². The Morgan fingerprint density at radius 3 is 2.24 bits per heavy atom. The van der Waals surface area contributed by atoms with Crippen molar-refractivity contribution in [2.75, 3.05) is 0 Å². The van der Waals surface area contributed by atoms with Crippen molar-refractivity contribution in [2.24, 2.45) is 22.7 Å². The molecule has 0 aliphatic heterocycles. The molecule has 0 aromatic heterocycles. The molecule has 1 unspecified atom stereocenters. The van der Waals surface area contributed by atoms with Gasteiger partial charge in [0.05, 0.1) is 5.60 Å². The van der Waals surface area contributed by atoms with Crippen LogP contribution in [-0.2, 0) is 14.3 Å². The minimum atomic E-state index is -1.50.